The fraction of sp³-hybridized carbons (Fsp3) is 0.500. The van der Waals surface area contributed by atoms with Crippen LogP contribution in [0.25, 0.3) is 0 Å². The highest BCUT2D eigenvalue weighted by atomic mass is 31.2. The van der Waals surface area contributed by atoms with Crippen LogP contribution < -0.4 is 0 Å². The zero-order chi connectivity index (χ0) is 23.4. The molecule has 3 saturated heterocycles. The van der Waals surface area contributed by atoms with Gasteiger partial charge in [-0.2, -0.15) is 10.2 Å². The minimum absolute atomic E-state index is 0.0470. The van der Waals surface area contributed by atoms with Crippen LogP contribution in [0.4, 0.5) is 22.7 Å². The Morgan fingerprint density at radius 2 is 0.971 bits per heavy atom. The van der Waals surface area contributed by atoms with Crippen LogP contribution in [0.5, 0.6) is 0 Å². The molecular weight excluding hydrogens is 449 g/mol. The van der Waals surface area contributed by atoms with Crippen LogP contribution in [-0.4, -0.2) is 58.2 Å². The van der Waals surface area contributed by atoms with E-state index < -0.39 is 12.4 Å². The van der Waals surface area contributed by atoms with E-state index in [1.807, 2.05) is 12.1 Å². The molecule has 3 fully saturated rings. The number of rotatable bonds is 7. The van der Waals surface area contributed by atoms with Gasteiger partial charge in [0.05, 0.1) is 22.0 Å². The molecule has 3 aliphatic heterocycles. The number of nitrogens with zero attached hydrogens (tertiary/aromatic N) is 7. The average molecular weight is 482 g/mol. The molecule has 9 nitrogen and oxygen atoms in total. The SMILES string of the molecule is O=[N+]([O-])c1ccc(N=Nc2ccc(N=P(N3CCCC3)(N3CCCC3)N3CCCC3)cc2)cc1. The first kappa shape index (κ1) is 23.3. The van der Waals surface area contributed by atoms with Crippen LogP contribution in [0.1, 0.15) is 38.5 Å². The Bertz CT molecular complexity index is 1020. The van der Waals surface area contributed by atoms with E-state index in [4.69, 9.17) is 4.74 Å². The van der Waals surface area contributed by atoms with Crippen molar-refractivity contribution >= 4 is 30.3 Å². The van der Waals surface area contributed by atoms with Gasteiger partial charge in [0.2, 0.25) is 0 Å². The maximum Gasteiger partial charge on any atom is 0.269 e. The van der Waals surface area contributed by atoms with Crippen LogP contribution in [0.15, 0.2) is 63.5 Å². The molecule has 0 amide bonds. The molecule has 0 spiro atoms. The molecule has 0 atom stereocenters. The lowest BCUT2D eigenvalue weighted by Crippen LogP contribution is -2.38. The van der Waals surface area contributed by atoms with Crippen molar-refractivity contribution in [3.63, 3.8) is 0 Å². The summed E-state index contributed by atoms with van der Waals surface area (Å²) >= 11 is 0. The van der Waals surface area contributed by atoms with Gasteiger partial charge < -0.3 is 0 Å². The quantitative estimate of drug-likeness (QED) is 0.186. The minimum Gasteiger partial charge on any atom is -0.258 e. The van der Waals surface area contributed by atoms with Crippen LogP contribution >= 0.6 is 7.51 Å². The van der Waals surface area contributed by atoms with Gasteiger partial charge in [-0.15, -0.1) is 0 Å². The first-order chi connectivity index (χ1) is 16.6. The molecule has 34 heavy (non-hydrogen) atoms. The lowest BCUT2D eigenvalue weighted by molar-refractivity contribution is -0.384. The number of hydrogen-bond donors (Lipinski definition) is 0. The number of azo groups is 1. The maximum absolute atomic E-state index is 10.8. The molecule has 0 N–H and O–H groups in total. The van der Waals surface area contributed by atoms with E-state index in [-0.39, 0.29) is 5.69 Å². The van der Waals surface area contributed by atoms with Crippen molar-refractivity contribution in [1.82, 2.24) is 14.0 Å². The molecule has 3 heterocycles. The summed E-state index contributed by atoms with van der Waals surface area (Å²) in [5, 5.41) is 19.3. The van der Waals surface area contributed by atoms with E-state index in [1.165, 1.54) is 50.7 Å². The van der Waals surface area contributed by atoms with Crippen molar-refractivity contribution in [3.8, 4) is 0 Å². The Morgan fingerprint density at radius 3 is 1.35 bits per heavy atom. The largest absolute Gasteiger partial charge is 0.269 e. The maximum atomic E-state index is 10.8. The molecule has 0 aromatic heterocycles. The van der Waals surface area contributed by atoms with Crippen molar-refractivity contribution in [2.75, 3.05) is 39.3 Å². The molecular formula is C24H32N7O2P. The van der Waals surface area contributed by atoms with Crippen molar-refractivity contribution in [2.45, 2.75) is 38.5 Å². The van der Waals surface area contributed by atoms with Crippen LogP contribution in [0.2, 0.25) is 0 Å². The predicted molar refractivity (Wildman–Crippen MR) is 135 cm³/mol. The Hall–Kier alpha value is -2.45. The molecule has 0 radical (unpaired) electrons. The van der Waals surface area contributed by atoms with Crippen LogP contribution in [0, 0.1) is 10.1 Å². The van der Waals surface area contributed by atoms with Gasteiger partial charge in [-0.3, -0.25) is 10.1 Å². The van der Waals surface area contributed by atoms with Crippen LogP contribution in [0.3, 0.4) is 0 Å². The van der Waals surface area contributed by atoms with E-state index in [2.05, 4.69) is 36.4 Å². The average Bonchev–Trinajstić information content (AvgIpc) is 3.66. The van der Waals surface area contributed by atoms with Gasteiger partial charge in [-0.1, -0.05) is 0 Å². The second kappa shape index (κ2) is 10.4. The van der Waals surface area contributed by atoms with Gasteiger partial charge in [0.25, 0.3) is 5.69 Å². The highest BCUT2D eigenvalue weighted by Crippen LogP contribution is 2.64. The zero-order valence-electron chi connectivity index (χ0n) is 19.5. The minimum atomic E-state index is -1.94. The lowest BCUT2D eigenvalue weighted by atomic mass is 10.3. The normalized spacial score (nSPS) is 20.5. The first-order valence-corrected chi connectivity index (χ1v) is 13.9. The Balaban J connectivity index is 1.43. The fourth-order valence-corrected chi connectivity index (χ4v) is 9.48. The van der Waals surface area contributed by atoms with Crippen molar-refractivity contribution in [2.24, 2.45) is 15.0 Å². The monoisotopic (exact) mass is 481 g/mol. The van der Waals surface area contributed by atoms with E-state index in [9.17, 15) is 10.1 Å². The highest BCUT2D eigenvalue weighted by Gasteiger charge is 2.43. The molecule has 10 heteroatoms. The summed E-state index contributed by atoms with van der Waals surface area (Å²) < 4.78 is 13.7. The summed E-state index contributed by atoms with van der Waals surface area (Å²) in [6.07, 6.45) is 7.59. The van der Waals surface area contributed by atoms with Crippen LogP contribution in [-0.2, 0) is 0 Å². The van der Waals surface area contributed by atoms with Gasteiger partial charge in [0.1, 0.15) is 0 Å². The summed E-state index contributed by atoms with van der Waals surface area (Å²) in [6, 6.07) is 14.1. The fourth-order valence-electron chi connectivity index (χ4n) is 5.13. The Morgan fingerprint density at radius 1 is 0.618 bits per heavy atom. The molecule has 0 saturated carbocycles. The molecule has 180 valence electrons. The van der Waals surface area contributed by atoms with E-state index in [1.54, 1.807) is 12.1 Å². The Kier molecular flexibility index (Phi) is 7.15. The second-order valence-electron chi connectivity index (χ2n) is 9.11. The molecule has 2 aromatic rings. The van der Waals surface area contributed by atoms with Gasteiger partial charge >= 0.3 is 0 Å². The topological polar surface area (TPSA) is 89.9 Å². The summed E-state index contributed by atoms with van der Waals surface area (Å²) in [6.45, 7) is 6.87. The van der Waals surface area contributed by atoms with E-state index in [0.717, 1.165) is 50.6 Å². The number of hydrogen-bond acceptors (Lipinski definition) is 5. The van der Waals surface area contributed by atoms with Gasteiger partial charge in [-0.25, -0.2) is 18.8 Å². The van der Waals surface area contributed by atoms with E-state index in [0.29, 0.717) is 5.69 Å². The Labute approximate surface area is 200 Å². The highest BCUT2D eigenvalue weighted by molar-refractivity contribution is 7.59. The zero-order valence-corrected chi connectivity index (χ0v) is 20.4. The molecule has 3 aliphatic rings. The predicted octanol–water partition coefficient (Wildman–Crippen LogP) is 6.88. The number of nitro benzene ring substituents is 1. The van der Waals surface area contributed by atoms with Gasteiger partial charge in [0, 0.05) is 51.4 Å². The number of benzene rings is 2. The van der Waals surface area contributed by atoms with Gasteiger partial charge in [-0.05, 0) is 74.9 Å². The molecule has 2 aromatic carbocycles. The summed E-state index contributed by atoms with van der Waals surface area (Å²) in [7, 11) is -1.94. The smallest absolute Gasteiger partial charge is 0.258 e. The second-order valence-corrected chi connectivity index (χ2v) is 12.1. The summed E-state index contributed by atoms with van der Waals surface area (Å²) in [4.78, 5) is 10.4. The van der Waals surface area contributed by atoms with Crippen molar-refractivity contribution in [3.05, 3.63) is 58.6 Å². The third-order valence-corrected chi connectivity index (χ3v) is 10.8. The third kappa shape index (κ3) is 4.84. The first-order valence-electron chi connectivity index (χ1n) is 12.3. The molecule has 0 aliphatic carbocycles. The molecule has 0 bridgehead atoms. The van der Waals surface area contributed by atoms with Crippen molar-refractivity contribution < 1.29 is 4.92 Å². The number of nitro groups is 1. The standard InChI is InChI=1S/C24H32N7O2P/c32-31(33)24-13-11-22(12-14-24)26-25-21-7-9-23(10-8-21)27-34(28-15-1-2-16-28,29-17-3-4-18-29)30-19-5-6-20-30/h7-14H,1-6,15-20H2. The number of non-ortho nitro benzene ring substituents is 1. The molecule has 0 unspecified atom stereocenters. The summed E-state index contributed by atoms with van der Waals surface area (Å²) in [5.41, 5.74) is 2.38. The van der Waals surface area contributed by atoms with E-state index >= 15 is 0 Å². The molecule has 5 rings (SSSR count). The summed E-state index contributed by atoms with van der Waals surface area (Å²) in [5.74, 6) is 0. The lowest BCUT2D eigenvalue weighted by Gasteiger charge is -2.45. The third-order valence-electron chi connectivity index (χ3n) is 6.83. The van der Waals surface area contributed by atoms with Crippen molar-refractivity contribution in [1.29, 1.82) is 0 Å². The van der Waals surface area contributed by atoms with Gasteiger partial charge in [0.15, 0.2) is 7.51 Å².